The molecule has 0 unspecified atom stereocenters. The number of aromatic nitrogens is 3. The summed E-state index contributed by atoms with van der Waals surface area (Å²) >= 11 is 0. The fraction of sp³-hybridized carbons (Fsp3) is 0.273. The van der Waals surface area contributed by atoms with Crippen LogP contribution in [-0.4, -0.2) is 14.8 Å². The Kier molecular flexibility index (Phi) is 2.31. The topological polar surface area (TPSA) is 30.7 Å². The van der Waals surface area contributed by atoms with Crippen molar-refractivity contribution < 1.29 is 0 Å². The SMILES string of the molecule is CCn1cnc(-c2cccc(C)c2)n1. The van der Waals surface area contributed by atoms with Gasteiger partial charge in [-0.15, -0.1) is 0 Å². The molecule has 0 fully saturated rings. The van der Waals surface area contributed by atoms with Crippen molar-refractivity contribution in [1.82, 2.24) is 14.8 Å². The second-order valence-electron chi connectivity index (χ2n) is 3.29. The Bertz CT molecular complexity index is 432. The van der Waals surface area contributed by atoms with Crippen molar-refractivity contribution >= 4 is 0 Å². The number of benzene rings is 1. The van der Waals surface area contributed by atoms with E-state index in [-0.39, 0.29) is 0 Å². The van der Waals surface area contributed by atoms with E-state index in [0.717, 1.165) is 17.9 Å². The first-order valence-electron chi connectivity index (χ1n) is 4.76. The molecule has 1 aromatic heterocycles. The summed E-state index contributed by atoms with van der Waals surface area (Å²) in [7, 11) is 0. The smallest absolute Gasteiger partial charge is 0.181 e. The molecular weight excluding hydrogens is 174 g/mol. The first-order valence-corrected chi connectivity index (χ1v) is 4.76. The average Bonchev–Trinajstić information content (AvgIpc) is 2.66. The van der Waals surface area contributed by atoms with Gasteiger partial charge in [-0.05, 0) is 19.9 Å². The van der Waals surface area contributed by atoms with E-state index >= 15 is 0 Å². The summed E-state index contributed by atoms with van der Waals surface area (Å²) in [6.07, 6.45) is 1.76. The second kappa shape index (κ2) is 3.62. The van der Waals surface area contributed by atoms with Crippen LogP contribution in [0.25, 0.3) is 11.4 Å². The molecule has 1 aromatic carbocycles. The number of hydrogen-bond donors (Lipinski definition) is 0. The molecule has 0 amide bonds. The maximum absolute atomic E-state index is 4.35. The Morgan fingerprint density at radius 2 is 2.21 bits per heavy atom. The summed E-state index contributed by atoms with van der Waals surface area (Å²) < 4.78 is 1.83. The third-order valence-corrected chi connectivity index (χ3v) is 2.14. The molecule has 0 saturated heterocycles. The van der Waals surface area contributed by atoms with E-state index in [1.165, 1.54) is 5.56 Å². The fourth-order valence-electron chi connectivity index (χ4n) is 1.36. The summed E-state index contributed by atoms with van der Waals surface area (Å²) in [4.78, 5) is 4.25. The molecule has 2 rings (SSSR count). The van der Waals surface area contributed by atoms with Crippen LogP contribution < -0.4 is 0 Å². The molecule has 0 atom stereocenters. The molecule has 14 heavy (non-hydrogen) atoms. The van der Waals surface area contributed by atoms with Gasteiger partial charge in [0.25, 0.3) is 0 Å². The van der Waals surface area contributed by atoms with Crippen LogP contribution in [0.2, 0.25) is 0 Å². The predicted molar refractivity (Wildman–Crippen MR) is 55.9 cm³/mol. The molecule has 0 aliphatic rings. The average molecular weight is 187 g/mol. The Balaban J connectivity index is 2.39. The molecule has 0 aliphatic heterocycles. The van der Waals surface area contributed by atoms with Crippen LogP contribution in [0.4, 0.5) is 0 Å². The summed E-state index contributed by atoms with van der Waals surface area (Å²) in [6, 6.07) is 8.22. The van der Waals surface area contributed by atoms with E-state index in [9.17, 15) is 0 Å². The van der Waals surface area contributed by atoms with Gasteiger partial charge >= 0.3 is 0 Å². The first-order chi connectivity index (χ1) is 6.79. The van der Waals surface area contributed by atoms with E-state index in [2.05, 4.69) is 36.1 Å². The highest BCUT2D eigenvalue weighted by Gasteiger charge is 2.02. The van der Waals surface area contributed by atoms with Gasteiger partial charge in [0.2, 0.25) is 0 Å². The lowest BCUT2D eigenvalue weighted by molar-refractivity contribution is 0.659. The van der Waals surface area contributed by atoms with Crippen LogP contribution in [-0.2, 0) is 6.54 Å². The highest BCUT2D eigenvalue weighted by Crippen LogP contribution is 2.15. The van der Waals surface area contributed by atoms with E-state index in [1.54, 1.807) is 6.33 Å². The molecule has 1 heterocycles. The van der Waals surface area contributed by atoms with Gasteiger partial charge in [-0.25, -0.2) is 4.98 Å². The molecule has 2 aromatic rings. The quantitative estimate of drug-likeness (QED) is 0.722. The lowest BCUT2D eigenvalue weighted by Gasteiger charge is -1.96. The van der Waals surface area contributed by atoms with E-state index < -0.39 is 0 Å². The minimum Gasteiger partial charge on any atom is -0.253 e. The molecule has 0 spiro atoms. The normalized spacial score (nSPS) is 10.4. The maximum Gasteiger partial charge on any atom is 0.181 e. The number of hydrogen-bond acceptors (Lipinski definition) is 2. The predicted octanol–water partition coefficient (Wildman–Crippen LogP) is 2.27. The Morgan fingerprint density at radius 3 is 2.86 bits per heavy atom. The summed E-state index contributed by atoms with van der Waals surface area (Å²) in [5.41, 5.74) is 2.31. The van der Waals surface area contributed by atoms with Crippen molar-refractivity contribution in [2.75, 3.05) is 0 Å². The molecule has 72 valence electrons. The number of nitrogens with zero attached hydrogens (tertiary/aromatic N) is 3. The third kappa shape index (κ3) is 1.66. The van der Waals surface area contributed by atoms with Crippen LogP contribution in [0.15, 0.2) is 30.6 Å². The van der Waals surface area contributed by atoms with Gasteiger partial charge in [0, 0.05) is 12.1 Å². The maximum atomic E-state index is 4.35. The van der Waals surface area contributed by atoms with Gasteiger partial charge in [0.15, 0.2) is 5.82 Å². The molecule has 0 N–H and O–H groups in total. The zero-order valence-electron chi connectivity index (χ0n) is 8.44. The van der Waals surface area contributed by atoms with Crippen molar-refractivity contribution in [2.24, 2.45) is 0 Å². The minimum atomic E-state index is 0.801. The van der Waals surface area contributed by atoms with Gasteiger partial charge in [0.1, 0.15) is 6.33 Å². The van der Waals surface area contributed by atoms with Crippen molar-refractivity contribution in [3.05, 3.63) is 36.2 Å². The van der Waals surface area contributed by atoms with Gasteiger partial charge in [-0.2, -0.15) is 5.10 Å². The Morgan fingerprint density at radius 1 is 1.36 bits per heavy atom. The van der Waals surface area contributed by atoms with Crippen LogP contribution in [0, 0.1) is 6.92 Å². The molecule has 0 bridgehead atoms. The van der Waals surface area contributed by atoms with E-state index in [1.807, 2.05) is 16.8 Å². The minimum absolute atomic E-state index is 0.801. The van der Waals surface area contributed by atoms with Crippen molar-refractivity contribution in [3.63, 3.8) is 0 Å². The number of rotatable bonds is 2. The third-order valence-electron chi connectivity index (χ3n) is 2.14. The van der Waals surface area contributed by atoms with E-state index in [4.69, 9.17) is 0 Å². The standard InChI is InChI=1S/C11H13N3/c1-3-14-8-12-11(13-14)10-6-4-5-9(2)7-10/h4-8H,3H2,1-2H3. The van der Waals surface area contributed by atoms with Crippen molar-refractivity contribution in [1.29, 1.82) is 0 Å². The molecule has 3 heteroatoms. The summed E-state index contributed by atoms with van der Waals surface area (Å²) in [5, 5.41) is 4.35. The Labute approximate surface area is 83.4 Å². The van der Waals surface area contributed by atoms with Crippen LogP contribution in [0.5, 0.6) is 0 Å². The highest BCUT2D eigenvalue weighted by molar-refractivity contribution is 5.55. The second-order valence-corrected chi connectivity index (χ2v) is 3.29. The van der Waals surface area contributed by atoms with Crippen LogP contribution in [0.3, 0.4) is 0 Å². The van der Waals surface area contributed by atoms with Crippen molar-refractivity contribution in [3.8, 4) is 11.4 Å². The first kappa shape index (κ1) is 8.94. The van der Waals surface area contributed by atoms with Gasteiger partial charge in [-0.1, -0.05) is 23.8 Å². The zero-order valence-corrected chi connectivity index (χ0v) is 8.44. The molecule has 0 radical (unpaired) electrons. The largest absolute Gasteiger partial charge is 0.253 e. The molecule has 0 aliphatic carbocycles. The summed E-state index contributed by atoms with van der Waals surface area (Å²) in [5.74, 6) is 0.801. The monoisotopic (exact) mass is 187 g/mol. The van der Waals surface area contributed by atoms with Gasteiger partial charge < -0.3 is 0 Å². The van der Waals surface area contributed by atoms with Crippen LogP contribution in [0.1, 0.15) is 12.5 Å². The van der Waals surface area contributed by atoms with Crippen LogP contribution >= 0.6 is 0 Å². The molecular formula is C11H13N3. The lowest BCUT2D eigenvalue weighted by Crippen LogP contribution is -1.93. The van der Waals surface area contributed by atoms with Gasteiger partial charge in [-0.3, -0.25) is 4.68 Å². The fourth-order valence-corrected chi connectivity index (χ4v) is 1.36. The Hall–Kier alpha value is -1.64. The highest BCUT2D eigenvalue weighted by atomic mass is 15.3. The molecule has 3 nitrogen and oxygen atoms in total. The van der Waals surface area contributed by atoms with Gasteiger partial charge in [0.05, 0.1) is 0 Å². The van der Waals surface area contributed by atoms with Crippen molar-refractivity contribution in [2.45, 2.75) is 20.4 Å². The number of aryl methyl sites for hydroxylation is 2. The van der Waals surface area contributed by atoms with E-state index in [0.29, 0.717) is 0 Å². The summed E-state index contributed by atoms with van der Waals surface area (Å²) in [6.45, 7) is 4.98. The molecule has 0 saturated carbocycles. The lowest BCUT2D eigenvalue weighted by atomic mass is 10.1. The zero-order chi connectivity index (χ0) is 9.97.